The SMILES string of the molecule is Cc1ccccc1OCCN1CCN(C2CNC2)CC1. The van der Waals surface area contributed by atoms with E-state index >= 15 is 0 Å². The minimum Gasteiger partial charge on any atom is -0.492 e. The van der Waals surface area contributed by atoms with E-state index in [0.717, 1.165) is 24.9 Å². The van der Waals surface area contributed by atoms with Crippen molar-refractivity contribution in [3.63, 3.8) is 0 Å². The molecular weight excluding hydrogens is 250 g/mol. The molecular formula is C16H25N3O. The van der Waals surface area contributed by atoms with Crippen molar-refractivity contribution in [1.29, 1.82) is 0 Å². The lowest BCUT2D eigenvalue weighted by Gasteiger charge is -2.43. The molecule has 1 aromatic carbocycles. The maximum Gasteiger partial charge on any atom is 0.122 e. The van der Waals surface area contributed by atoms with Crippen molar-refractivity contribution < 1.29 is 4.74 Å². The number of nitrogens with zero attached hydrogens (tertiary/aromatic N) is 2. The lowest BCUT2D eigenvalue weighted by molar-refractivity contribution is 0.0663. The van der Waals surface area contributed by atoms with E-state index in [4.69, 9.17) is 4.74 Å². The first kappa shape index (κ1) is 13.9. The molecule has 2 heterocycles. The number of piperazine rings is 1. The molecule has 0 bridgehead atoms. The zero-order valence-corrected chi connectivity index (χ0v) is 12.3. The highest BCUT2D eigenvalue weighted by Crippen LogP contribution is 2.16. The van der Waals surface area contributed by atoms with Gasteiger partial charge in [0.15, 0.2) is 0 Å². The molecule has 2 saturated heterocycles. The summed E-state index contributed by atoms with van der Waals surface area (Å²) in [5, 5.41) is 3.35. The zero-order chi connectivity index (χ0) is 13.8. The maximum atomic E-state index is 5.88. The zero-order valence-electron chi connectivity index (χ0n) is 12.3. The highest BCUT2D eigenvalue weighted by molar-refractivity contribution is 5.31. The molecule has 1 N–H and O–H groups in total. The second-order valence-electron chi connectivity index (χ2n) is 5.80. The lowest BCUT2D eigenvalue weighted by Crippen LogP contribution is -2.61. The first-order chi connectivity index (χ1) is 9.83. The molecule has 0 radical (unpaired) electrons. The molecule has 2 aliphatic heterocycles. The molecule has 110 valence electrons. The second-order valence-corrected chi connectivity index (χ2v) is 5.80. The Labute approximate surface area is 121 Å². The van der Waals surface area contributed by atoms with Crippen LogP contribution < -0.4 is 10.1 Å². The quantitative estimate of drug-likeness (QED) is 0.866. The molecule has 4 nitrogen and oxygen atoms in total. The summed E-state index contributed by atoms with van der Waals surface area (Å²) in [4.78, 5) is 5.13. The normalized spacial score (nSPS) is 21.6. The van der Waals surface area contributed by atoms with Crippen molar-refractivity contribution in [3.8, 4) is 5.75 Å². The summed E-state index contributed by atoms with van der Waals surface area (Å²) in [5.41, 5.74) is 1.22. The van der Waals surface area contributed by atoms with Crippen molar-refractivity contribution in [1.82, 2.24) is 15.1 Å². The van der Waals surface area contributed by atoms with E-state index in [1.807, 2.05) is 6.07 Å². The smallest absolute Gasteiger partial charge is 0.122 e. The van der Waals surface area contributed by atoms with Crippen molar-refractivity contribution in [2.24, 2.45) is 0 Å². The van der Waals surface area contributed by atoms with Crippen LogP contribution in [0.5, 0.6) is 5.75 Å². The molecule has 0 unspecified atom stereocenters. The Morgan fingerprint density at radius 1 is 1.15 bits per heavy atom. The van der Waals surface area contributed by atoms with Crippen LogP contribution in [-0.2, 0) is 0 Å². The monoisotopic (exact) mass is 275 g/mol. The Bertz CT molecular complexity index is 425. The molecule has 3 rings (SSSR count). The highest BCUT2D eigenvalue weighted by atomic mass is 16.5. The van der Waals surface area contributed by atoms with Crippen LogP contribution in [0.15, 0.2) is 24.3 Å². The Kier molecular flexibility index (Phi) is 4.55. The van der Waals surface area contributed by atoms with Gasteiger partial charge < -0.3 is 10.1 Å². The Morgan fingerprint density at radius 3 is 2.55 bits per heavy atom. The first-order valence-electron chi connectivity index (χ1n) is 7.68. The van der Waals surface area contributed by atoms with E-state index in [-0.39, 0.29) is 0 Å². The van der Waals surface area contributed by atoms with Gasteiger partial charge in [0.2, 0.25) is 0 Å². The molecule has 2 aliphatic rings. The van der Waals surface area contributed by atoms with Gasteiger partial charge in [-0.05, 0) is 18.6 Å². The summed E-state index contributed by atoms with van der Waals surface area (Å²) in [6.07, 6.45) is 0. The van der Waals surface area contributed by atoms with Crippen LogP contribution >= 0.6 is 0 Å². The van der Waals surface area contributed by atoms with Crippen LogP contribution in [0.1, 0.15) is 5.56 Å². The van der Waals surface area contributed by atoms with Crippen LogP contribution in [0.2, 0.25) is 0 Å². The van der Waals surface area contributed by atoms with Crippen molar-refractivity contribution in [3.05, 3.63) is 29.8 Å². The maximum absolute atomic E-state index is 5.88. The fourth-order valence-corrected chi connectivity index (χ4v) is 2.89. The summed E-state index contributed by atoms with van der Waals surface area (Å²) < 4.78 is 5.88. The van der Waals surface area contributed by atoms with Gasteiger partial charge >= 0.3 is 0 Å². The van der Waals surface area contributed by atoms with Gasteiger partial charge in [0.25, 0.3) is 0 Å². The Balaban J connectivity index is 1.36. The van der Waals surface area contributed by atoms with Gasteiger partial charge in [-0.15, -0.1) is 0 Å². The van der Waals surface area contributed by atoms with Crippen LogP contribution in [0.25, 0.3) is 0 Å². The molecule has 1 aromatic rings. The summed E-state index contributed by atoms with van der Waals surface area (Å²) in [6.45, 7) is 11.0. The first-order valence-corrected chi connectivity index (χ1v) is 7.68. The molecule has 0 spiro atoms. The highest BCUT2D eigenvalue weighted by Gasteiger charge is 2.27. The third kappa shape index (κ3) is 3.32. The van der Waals surface area contributed by atoms with Gasteiger partial charge in [-0.25, -0.2) is 0 Å². The van der Waals surface area contributed by atoms with Crippen LogP contribution in [0.4, 0.5) is 0 Å². The van der Waals surface area contributed by atoms with Gasteiger partial charge in [-0.1, -0.05) is 18.2 Å². The number of aryl methyl sites for hydroxylation is 1. The third-order valence-corrected chi connectivity index (χ3v) is 4.44. The molecule has 0 saturated carbocycles. The predicted molar refractivity (Wildman–Crippen MR) is 81.3 cm³/mol. The topological polar surface area (TPSA) is 27.7 Å². The van der Waals surface area contributed by atoms with E-state index in [9.17, 15) is 0 Å². The number of rotatable bonds is 5. The minimum absolute atomic E-state index is 0.788. The van der Waals surface area contributed by atoms with Crippen molar-refractivity contribution >= 4 is 0 Å². The van der Waals surface area contributed by atoms with Crippen LogP contribution in [0.3, 0.4) is 0 Å². The fraction of sp³-hybridized carbons (Fsp3) is 0.625. The molecule has 2 fully saturated rings. The van der Waals surface area contributed by atoms with Gasteiger partial charge in [0, 0.05) is 51.9 Å². The Hall–Kier alpha value is -1.10. The van der Waals surface area contributed by atoms with E-state index in [2.05, 4.69) is 40.2 Å². The third-order valence-electron chi connectivity index (χ3n) is 4.44. The number of nitrogens with one attached hydrogen (secondary N) is 1. The number of ether oxygens (including phenoxy) is 1. The Morgan fingerprint density at radius 2 is 1.90 bits per heavy atom. The van der Waals surface area contributed by atoms with E-state index < -0.39 is 0 Å². The molecule has 0 aromatic heterocycles. The van der Waals surface area contributed by atoms with Crippen LogP contribution in [-0.4, -0.2) is 68.3 Å². The average Bonchev–Trinajstić information content (AvgIpc) is 2.41. The van der Waals surface area contributed by atoms with Gasteiger partial charge in [-0.2, -0.15) is 0 Å². The van der Waals surface area contributed by atoms with Gasteiger partial charge in [0.1, 0.15) is 12.4 Å². The fourth-order valence-electron chi connectivity index (χ4n) is 2.89. The average molecular weight is 275 g/mol. The summed E-state index contributed by atoms with van der Waals surface area (Å²) in [7, 11) is 0. The number of hydrogen-bond donors (Lipinski definition) is 1. The standard InChI is InChI=1S/C16H25N3O/c1-14-4-2-3-5-16(14)20-11-10-18-6-8-19(9-7-18)15-12-17-13-15/h2-5,15,17H,6-13H2,1H3. The largest absolute Gasteiger partial charge is 0.492 e. The summed E-state index contributed by atoms with van der Waals surface area (Å²) in [6, 6.07) is 9.03. The molecule has 20 heavy (non-hydrogen) atoms. The molecule has 0 atom stereocenters. The summed E-state index contributed by atoms with van der Waals surface area (Å²) >= 11 is 0. The van der Waals surface area contributed by atoms with Crippen molar-refractivity contribution in [2.75, 3.05) is 52.4 Å². The van der Waals surface area contributed by atoms with E-state index in [1.165, 1.54) is 44.8 Å². The van der Waals surface area contributed by atoms with Crippen molar-refractivity contribution in [2.45, 2.75) is 13.0 Å². The number of benzene rings is 1. The van der Waals surface area contributed by atoms with Gasteiger partial charge in [0.05, 0.1) is 0 Å². The molecule has 0 amide bonds. The minimum atomic E-state index is 0.788. The van der Waals surface area contributed by atoms with E-state index in [0.29, 0.717) is 0 Å². The molecule has 0 aliphatic carbocycles. The second kappa shape index (κ2) is 6.57. The number of hydrogen-bond acceptors (Lipinski definition) is 4. The summed E-state index contributed by atoms with van der Waals surface area (Å²) in [5.74, 6) is 1.02. The van der Waals surface area contributed by atoms with Gasteiger partial charge in [-0.3, -0.25) is 9.80 Å². The van der Waals surface area contributed by atoms with E-state index in [1.54, 1.807) is 0 Å². The molecule has 4 heteroatoms. The number of para-hydroxylation sites is 1. The lowest BCUT2D eigenvalue weighted by atomic mass is 10.1. The van der Waals surface area contributed by atoms with Crippen LogP contribution in [0, 0.1) is 6.92 Å². The predicted octanol–water partition coefficient (Wildman–Crippen LogP) is 0.963.